The molecule has 0 heterocycles. The fourth-order valence-electron chi connectivity index (χ4n) is 0.778. The first kappa shape index (κ1) is 10.8. The molecule has 1 rings (SSSR count). The molecule has 0 amide bonds. The molecule has 14 heavy (non-hydrogen) atoms. The van der Waals surface area contributed by atoms with E-state index in [1.807, 2.05) is 0 Å². The van der Waals surface area contributed by atoms with E-state index in [9.17, 15) is 19.4 Å². The largest absolute Gasteiger partial charge is 0.310 e. The Balaban J connectivity index is 3.33. The molecular formula is C7H4F5NS. The summed E-state index contributed by atoms with van der Waals surface area (Å²) in [4.78, 5) is 0.815. The molecule has 0 saturated carbocycles. The van der Waals surface area contributed by atoms with Crippen LogP contribution in [0.3, 0.4) is 0 Å². The Morgan fingerprint density at radius 3 is 1.64 bits per heavy atom. The molecule has 0 atom stereocenters. The lowest BCUT2D eigenvalue weighted by molar-refractivity contribution is 0.364. The van der Waals surface area contributed by atoms with E-state index in [-0.39, 0.29) is 17.8 Å². The van der Waals surface area contributed by atoms with Crippen LogP contribution in [0.1, 0.15) is 0 Å². The Labute approximate surface area is 76.7 Å². The summed E-state index contributed by atoms with van der Waals surface area (Å²) < 4.78 is 60.5. The highest BCUT2D eigenvalue weighted by atomic mass is 32.5. The maximum absolute atomic E-state index is 12.1. The van der Waals surface area contributed by atoms with E-state index in [2.05, 4.69) is 4.85 Å². The van der Waals surface area contributed by atoms with Crippen LogP contribution in [0, 0.1) is 6.57 Å². The van der Waals surface area contributed by atoms with Crippen LogP contribution in [-0.2, 0) is 0 Å². The highest BCUT2D eigenvalue weighted by Gasteiger charge is 2.65. The second-order valence-corrected chi connectivity index (χ2v) is 4.98. The van der Waals surface area contributed by atoms with Gasteiger partial charge < -0.3 is 0 Å². The molecule has 0 aliphatic rings. The average Bonchev–Trinajstić information content (AvgIpc) is 2.01. The van der Waals surface area contributed by atoms with Gasteiger partial charge >= 0.3 is 10.2 Å². The van der Waals surface area contributed by atoms with Crippen molar-refractivity contribution in [3.8, 4) is 0 Å². The predicted octanol–water partition coefficient (Wildman–Crippen LogP) is 4.89. The Bertz CT molecular complexity index is 398. The number of halogens is 5. The summed E-state index contributed by atoms with van der Waals surface area (Å²) in [6.45, 7) is 6.43. The summed E-state index contributed by atoms with van der Waals surface area (Å²) in [5.41, 5.74) is -0.115. The molecule has 0 aliphatic carbocycles. The van der Waals surface area contributed by atoms with Crippen molar-refractivity contribution in [2.24, 2.45) is 0 Å². The first-order valence-corrected chi connectivity index (χ1v) is 5.20. The van der Waals surface area contributed by atoms with Gasteiger partial charge in [-0.15, -0.1) is 0 Å². The Morgan fingerprint density at radius 2 is 1.36 bits per heavy atom. The average molecular weight is 229 g/mol. The third kappa shape index (κ3) is 2.35. The minimum absolute atomic E-state index is 0.115. The van der Waals surface area contributed by atoms with E-state index in [0.29, 0.717) is 12.1 Å². The Morgan fingerprint density at radius 1 is 0.929 bits per heavy atom. The van der Waals surface area contributed by atoms with E-state index in [1.165, 1.54) is 0 Å². The van der Waals surface area contributed by atoms with E-state index in [0.717, 1.165) is 0 Å². The topological polar surface area (TPSA) is 4.36 Å². The van der Waals surface area contributed by atoms with Crippen molar-refractivity contribution >= 4 is 15.9 Å². The molecule has 1 nitrogen and oxygen atoms in total. The van der Waals surface area contributed by atoms with Gasteiger partial charge in [0.15, 0.2) is 5.69 Å². The van der Waals surface area contributed by atoms with Crippen LogP contribution in [0.25, 0.3) is 4.85 Å². The molecule has 0 spiro atoms. The third-order valence-corrected chi connectivity index (χ3v) is 2.57. The minimum Gasteiger partial charge on any atom is -0.238 e. The molecule has 0 fully saturated rings. The van der Waals surface area contributed by atoms with Crippen molar-refractivity contribution in [3.63, 3.8) is 0 Å². The number of rotatable bonds is 1. The van der Waals surface area contributed by atoms with Crippen molar-refractivity contribution in [1.82, 2.24) is 0 Å². The minimum atomic E-state index is -9.57. The molecule has 0 aliphatic heterocycles. The highest BCUT2D eigenvalue weighted by molar-refractivity contribution is 8.45. The number of nitrogens with zero attached hydrogens (tertiary/aromatic N) is 1. The van der Waals surface area contributed by atoms with Crippen LogP contribution in [0.4, 0.5) is 25.1 Å². The maximum Gasteiger partial charge on any atom is 0.310 e. The van der Waals surface area contributed by atoms with E-state index in [1.54, 1.807) is 0 Å². The Hall–Kier alpha value is -1.29. The first-order chi connectivity index (χ1) is 6.03. The van der Waals surface area contributed by atoms with Gasteiger partial charge in [-0.05, 0) is 0 Å². The van der Waals surface area contributed by atoms with Crippen molar-refractivity contribution in [2.45, 2.75) is 4.90 Å². The van der Waals surface area contributed by atoms with Crippen LogP contribution in [0.2, 0.25) is 0 Å². The maximum atomic E-state index is 12.1. The fourth-order valence-corrected chi connectivity index (χ4v) is 1.43. The monoisotopic (exact) mass is 229 g/mol. The lowest BCUT2D eigenvalue weighted by Gasteiger charge is -2.40. The van der Waals surface area contributed by atoms with E-state index < -0.39 is 15.1 Å². The molecule has 7 heteroatoms. The molecular weight excluding hydrogens is 225 g/mol. The normalized spacial score (nSPS) is 16.6. The summed E-state index contributed by atoms with van der Waals surface area (Å²) >= 11 is 0. The van der Waals surface area contributed by atoms with Gasteiger partial charge in [0.2, 0.25) is 0 Å². The molecule has 78 valence electrons. The molecule has 0 bridgehead atoms. The lowest BCUT2D eigenvalue weighted by atomic mass is 10.3. The SMILES string of the molecule is [C-]#[N+]c1ccc(S(F)(F)(F)(F)F)cc1. The van der Waals surface area contributed by atoms with Gasteiger partial charge in [0.1, 0.15) is 4.90 Å². The van der Waals surface area contributed by atoms with Crippen molar-refractivity contribution < 1.29 is 19.4 Å². The number of benzene rings is 1. The second kappa shape index (κ2) is 2.20. The molecule has 0 unspecified atom stereocenters. The van der Waals surface area contributed by atoms with E-state index >= 15 is 0 Å². The summed E-state index contributed by atoms with van der Waals surface area (Å²) in [6, 6.07) is 1.85. The molecule has 1 aromatic carbocycles. The van der Waals surface area contributed by atoms with Crippen LogP contribution < -0.4 is 0 Å². The van der Waals surface area contributed by atoms with Crippen molar-refractivity contribution in [2.75, 3.05) is 0 Å². The van der Waals surface area contributed by atoms with Gasteiger partial charge in [-0.2, -0.15) is 0 Å². The first-order valence-electron chi connectivity index (χ1n) is 3.24. The summed E-state index contributed by atoms with van der Waals surface area (Å²) in [7, 11) is -9.57. The van der Waals surface area contributed by atoms with Crippen LogP contribution in [0.15, 0.2) is 29.2 Å². The summed E-state index contributed by atoms with van der Waals surface area (Å²) in [5, 5.41) is 0. The van der Waals surface area contributed by atoms with Gasteiger partial charge in [-0.1, -0.05) is 43.7 Å². The second-order valence-electron chi connectivity index (χ2n) is 2.57. The smallest absolute Gasteiger partial charge is 0.238 e. The fraction of sp³-hybridized carbons (Fsp3) is 0. The summed E-state index contributed by atoms with van der Waals surface area (Å²) in [5.74, 6) is 0. The van der Waals surface area contributed by atoms with Gasteiger partial charge in [-0.3, -0.25) is 0 Å². The lowest BCUT2D eigenvalue weighted by Crippen LogP contribution is -2.05. The van der Waals surface area contributed by atoms with Crippen LogP contribution in [0.5, 0.6) is 0 Å². The molecule has 0 aromatic heterocycles. The Kier molecular flexibility index (Phi) is 1.70. The van der Waals surface area contributed by atoms with Crippen molar-refractivity contribution in [3.05, 3.63) is 35.7 Å². The molecule has 1 aromatic rings. The van der Waals surface area contributed by atoms with Gasteiger partial charge in [-0.25, -0.2) is 4.85 Å². The molecule has 0 radical (unpaired) electrons. The third-order valence-electron chi connectivity index (χ3n) is 1.41. The zero-order valence-corrected chi connectivity index (χ0v) is 7.37. The zero-order valence-electron chi connectivity index (χ0n) is 6.55. The molecule has 0 N–H and O–H groups in total. The van der Waals surface area contributed by atoms with Gasteiger partial charge in [0.25, 0.3) is 0 Å². The number of hydrogen-bond acceptors (Lipinski definition) is 0. The van der Waals surface area contributed by atoms with Crippen molar-refractivity contribution in [1.29, 1.82) is 0 Å². The van der Waals surface area contributed by atoms with Gasteiger partial charge in [0.05, 0.1) is 6.57 Å². The van der Waals surface area contributed by atoms with Gasteiger partial charge in [0, 0.05) is 0 Å². The van der Waals surface area contributed by atoms with E-state index in [4.69, 9.17) is 6.57 Å². The molecule has 0 saturated heterocycles. The quantitative estimate of drug-likeness (QED) is 0.476. The summed E-state index contributed by atoms with van der Waals surface area (Å²) in [6.07, 6.45) is 0. The number of hydrogen-bond donors (Lipinski definition) is 0. The zero-order chi connectivity index (χ0) is 11.1. The standard InChI is InChI=1S/C7H4F5NS/c1-13-6-2-4-7(5-3-6)14(8,9,10,11)12/h2-5H. The van der Waals surface area contributed by atoms with Crippen LogP contribution in [-0.4, -0.2) is 0 Å². The highest BCUT2D eigenvalue weighted by Crippen LogP contribution is 3.02. The van der Waals surface area contributed by atoms with Crippen LogP contribution >= 0.6 is 10.2 Å². The predicted molar refractivity (Wildman–Crippen MR) is 44.1 cm³/mol.